The maximum atomic E-state index is 11.7. The van der Waals surface area contributed by atoms with Crippen molar-refractivity contribution in [3.63, 3.8) is 0 Å². The van der Waals surface area contributed by atoms with E-state index in [9.17, 15) is 20.0 Å². The first-order valence-corrected chi connectivity index (χ1v) is 9.88. The van der Waals surface area contributed by atoms with E-state index in [-0.39, 0.29) is 11.0 Å². The zero-order chi connectivity index (χ0) is 22.5. The molecule has 0 bridgehead atoms. The molecule has 0 unspecified atom stereocenters. The van der Waals surface area contributed by atoms with Crippen molar-refractivity contribution in [3.8, 4) is 28.4 Å². The molecule has 3 aromatic carbocycles. The lowest BCUT2D eigenvalue weighted by atomic mass is 10.1. The van der Waals surface area contributed by atoms with Crippen LogP contribution in [-0.2, 0) is 0 Å². The molecule has 4 rings (SSSR count). The minimum absolute atomic E-state index is 0.00496. The second kappa shape index (κ2) is 9.22. The number of nitro groups is 1. The van der Waals surface area contributed by atoms with Crippen LogP contribution in [0, 0.1) is 10.1 Å². The first-order valence-electron chi connectivity index (χ1n) is 9.88. The van der Waals surface area contributed by atoms with Gasteiger partial charge in [0.05, 0.1) is 23.5 Å². The lowest BCUT2D eigenvalue weighted by Gasteiger charge is -2.09. The van der Waals surface area contributed by atoms with Crippen LogP contribution in [0.1, 0.15) is 6.42 Å². The second-order valence-corrected chi connectivity index (χ2v) is 6.94. The Morgan fingerprint density at radius 1 is 0.875 bits per heavy atom. The van der Waals surface area contributed by atoms with E-state index in [1.165, 1.54) is 18.2 Å². The smallest absolute Gasteiger partial charge is 0.419 e. The van der Waals surface area contributed by atoms with E-state index in [1.807, 2.05) is 54.6 Å². The van der Waals surface area contributed by atoms with Crippen LogP contribution in [0.25, 0.3) is 22.1 Å². The standard InChI is InChI=1S/C24H19NO7/c26-23-20-12-11-19(15-21(20)32-24(27)22(23)25(28)29)31-14-4-13-30-18-9-7-17(8-10-18)16-5-2-1-3-6-16/h1-3,5-12,15,26H,4,13-14H2. The molecular weight excluding hydrogens is 414 g/mol. The van der Waals surface area contributed by atoms with Crippen molar-refractivity contribution < 1.29 is 23.9 Å². The molecule has 1 heterocycles. The van der Waals surface area contributed by atoms with Gasteiger partial charge in [0.25, 0.3) is 0 Å². The SMILES string of the molecule is O=c1oc2cc(OCCCOc3ccc(-c4ccccc4)cc3)ccc2c(O)c1[N+](=O)[O-]. The van der Waals surface area contributed by atoms with Crippen molar-refractivity contribution >= 4 is 16.7 Å². The van der Waals surface area contributed by atoms with E-state index in [0.29, 0.717) is 25.4 Å². The number of benzene rings is 3. The van der Waals surface area contributed by atoms with Gasteiger partial charge in [0, 0.05) is 12.5 Å². The fourth-order valence-corrected chi connectivity index (χ4v) is 3.22. The Labute approximate surface area is 182 Å². The Kier molecular flexibility index (Phi) is 6.03. The van der Waals surface area contributed by atoms with Crippen molar-refractivity contribution in [2.45, 2.75) is 6.42 Å². The second-order valence-electron chi connectivity index (χ2n) is 6.94. The number of ether oxygens (including phenoxy) is 2. The van der Waals surface area contributed by atoms with Gasteiger partial charge in [0.2, 0.25) is 5.75 Å². The summed E-state index contributed by atoms with van der Waals surface area (Å²) in [4.78, 5) is 21.6. The van der Waals surface area contributed by atoms with E-state index in [0.717, 1.165) is 16.9 Å². The number of fused-ring (bicyclic) bond motifs is 1. The highest BCUT2D eigenvalue weighted by molar-refractivity contribution is 5.87. The maximum absolute atomic E-state index is 11.7. The largest absolute Gasteiger partial charge is 0.501 e. The summed E-state index contributed by atoms with van der Waals surface area (Å²) in [5.74, 6) is 0.440. The molecule has 8 heteroatoms. The first kappa shape index (κ1) is 20.9. The zero-order valence-corrected chi connectivity index (χ0v) is 16.9. The molecule has 1 N–H and O–H groups in total. The Balaban J connectivity index is 1.30. The minimum atomic E-state index is -1.22. The Hall–Kier alpha value is -4.33. The third-order valence-corrected chi connectivity index (χ3v) is 4.80. The van der Waals surface area contributed by atoms with Crippen molar-refractivity contribution in [1.82, 2.24) is 0 Å². The third-order valence-electron chi connectivity index (χ3n) is 4.80. The zero-order valence-electron chi connectivity index (χ0n) is 16.9. The van der Waals surface area contributed by atoms with Crippen LogP contribution in [0.4, 0.5) is 5.69 Å². The van der Waals surface area contributed by atoms with E-state index in [1.54, 1.807) is 0 Å². The third kappa shape index (κ3) is 4.54. The summed E-state index contributed by atoms with van der Waals surface area (Å²) in [6.45, 7) is 0.789. The highest BCUT2D eigenvalue weighted by Crippen LogP contribution is 2.32. The van der Waals surface area contributed by atoms with Gasteiger partial charge < -0.3 is 19.0 Å². The van der Waals surface area contributed by atoms with E-state index < -0.39 is 22.0 Å². The summed E-state index contributed by atoms with van der Waals surface area (Å²) in [6.07, 6.45) is 0.605. The van der Waals surface area contributed by atoms with Crippen molar-refractivity contribution in [3.05, 3.63) is 93.3 Å². The summed E-state index contributed by atoms with van der Waals surface area (Å²) in [7, 11) is 0. The predicted molar refractivity (Wildman–Crippen MR) is 118 cm³/mol. The average molecular weight is 433 g/mol. The minimum Gasteiger partial charge on any atom is -0.501 e. The molecule has 1 aromatic heterocycles. The monoisotopic (exact) mass is 433 g/mol. The number of nitrogens with zero attached hydrogens (tertiary/aromatic N) is 1. The number of hydrogen-bond acceptors (Lipinski definition) is 7. The molecule has 8 nitrogen and oxygen atoms in total. The van der Waals surface area contributed by atoms with E-state index in [2.05, 4.69) is 0 Å². The molecule has 0 fully saturated rings. The van der Waals surface area contributed by atoms with Crippen LogP contribution in [0.15, 0.2) is 82.0 Å². The quantitative estimate of drug-likeness (QED) is 0.182. The van der Waals surface area contributed by atoms with Crippen LogP contribution in [-0.4, -0.2) is 23.2 Å². The summed E-state index contributed by atoms with van der Waals surface area (Å²) < 4.78 is 16.3. The number of aromatic hydroxyl groups is 1. The Bertz CT molecular complexity index is 1300. The van der Waals surface area contributed by atoms with Gasteiger partial charge in [-0.3, -0.25) is 10.1 Å². The van der Waals surface area contributed by atoms with Gasteiger partial charge in [-0.25, -0.2) is 4.79 Å². The molecule has 0 aliphatic rings. The molecular formula is C24H19NO7. The van der Waals surface area contributed by atoms with Gasteiger partial charge in [-0.05, 0) is 35.4 Å². The fraction of sp³-hybridized carbons (Fsp3) is 0.125. The van der Waals surface area contributed by atoms with Crippen molar-refractivity contribution in [2.75, 3.05) is 13.2 Å². The van der Waals surface area contributed by atoms with Gasteiger partial charge in [0.1, 0.15) is 17.1 Å². The summed E-state index contributed by atoms with van der Waals surface area (Å²) in [5, 5.41) is 20.9. The van der Waals surface area contributed by atoms with Gasteiger partial charge in [-0.1, -0.05) is 42.5 Å². The molecule has 0 atom stereocenters. The topological polar surface area (TPSA) is 112 Å². The molecule has 0 radical (unpaired) electrons. The summed E-state index contributed by atoms with van der Waals surface area (Å²) >= 11 is 0. The van der Waals surface area contributed by atoms with Crippen LogP contribution in [0.3, 0.4) is 0 Å². The van der Waals surface area contributed by atoms with E-state index in [4.69, 9.17) is 13.9 Å². The van der Waals surface area contributed by atoms with Crippen molar-refractivity contribution in [1.29, 1.82) is 0 Å². The molecule has 0 saturated carbocycles. The fourth-order valence-electron chi connectivity index (χ4n) is 3.22. The number of rotatable bonds is 8. The van der Waals surface area contributed by atoms with Crippen LogP contribution >= 0.6 is 0 Å². The molecule has 0 aliphatic carbocycles. The lowest BCUT2D eigenvalue weighted by Crippen LogP contribution is -2.07. The van der Waals surface area contributed by atoms with Gasteiger partial charge >= 0.3 is 11.3 Å². The van der Waals surface area contributed by atoms with Crippen LogP contribution < -0.4 is 15.1 Å². The molecule has 32 heavy (non-hydrogen) atoms. The van der Waals surface area contributed by atoms with Gasteiger partial charge in [-0.15, -0.1) is 0 Å². The van der Waals surface area contributed by atoms with Crippen LogP contribution in [0.2, 0.25) is 0 Å². The Morgan fingerprint density at radius 2 is 1.50 bits per heavy atom. The molecule has 4 aromatic rings. The van der Waals surface area contributed by atoms with Crippen molar-refractivity contribution in [2.24, 2.45) is 0 Å². The Morgan fingerprint density at radius 3 is 2.19 bits per heavy atom. The molecule has 0 saturated heterocycles. The normalized spacial score (nSPS) is 10.8. The van der Waals surface area contributed by atoms with Gasteiger partial charge in [-0.2, -0.15) is 0 Å². The predicted octanol–water partition coefficient (Wildman–Crippen LogP) is 4.92. The highest BCUT2D eigenvalue weighted by Gasteiger charge is 2.24. The van der Waals surface area contributed by atoms with E-state index >= 15 is 0 Å². The summed E-state index contributed by atoms with van der Waals surface area (Å²) in [6, 6.07) is 22.3. The highest BCUT2D eigenvalue weighted by atomic mass is 16.6. The molecule has 162 valence electrons. The van der Waals surface area contributed by atoms with Crippen LogP contribution in [0.5, 0.6) is 17.2 Å². The molecule has 0 amide bonds. The lowest BCUT2D eigenvalue weighted by molar-refractivity contribution is -0.388. The van der Waals surface area contributed by atoms with Gasteiger partial charge in [0.15, 0.2) is 0 Å². The summed E-state index contributed by atoms with van der Waals surface area (Å²) in [5.41, 5.74) is 0.0523. The number of hydrogen-bond donors (Lipinski definition) is 1. The first-order chi connectivity index (χ1) is 15.5. The average Bonchev–Trinajstić information content (AvgIpc) is 2.79. The molecule has 0 aliphatic heterocycles. The maximum Gasteiger partial charge on any atom is 0.419 e. The molecule has 0 spiro atoms.